The van der Waals surface area contributed by atoms with E-state index in [1.54, 1.807) is 17.5 Å². The molecule has 1 amide bonds. The Hall–Kier alpha value is -3.52. The fourth-order valence-electron chi connectivity index (χ4n) is 2.30. The first-order valence-electron chi connectivity index (χ1n) is 7.96. The molecule has 1 heterocycles. The van der Waals surface area contributed by atoms with Crippen LogP contribution in [0.2, 0.25) is 0 Å². The highest BCUT2D eigenvalue weighted by Gasteiger charge is 2.17. The number of aromatic nitrogens is 1. The van der Waals surface area contributed by atoms with Crippen molar-refractivity contribution in [2.45, 2.75) is 6.92 Å². The van der Waals surface area contributed by atoms with E-state index in [2.05, 4.69) is 15.5 Å². The number of thiazole rings is 1. The number of para-hydroxylation sites is 1. The van der Waals surface area contributed by atoms with Crippen molar-refractivity contribution in [1.29, 1.82) is 0 Å². The first kappa shape index (κ1) is 18.3. The topological polar surface area (TPSA) is 97.7 Å². The molecule has 8 heteroatoms. The third-order valence-corrected chi connectivity index (χ3v) is 4.39. The number of hydrazone groups is 1. The van der Waals surface area contributed by atoms with E-state index >= 15 is 0 Å². The summed E-state index contributed by atoms with van der Waals surface area (Å²) in [4.78, 5) is 28.7. The first-order chi connectivity index (χ1) is 13.0. The van der Waals surface area contributed by atoms with E-state index in [1.165, 1.54) is 41.5 Å². The summed E-state index contributed by atoms with van der Waals surface area (Å²) in [5.74, 6) is -1.36. The maximum Gasteiger partial charge on any atom is 0.230 e. The van der Waals surface area contributed by atoms with Crippen LogP contribution in [0.15, 0.2) is 65.1 Å². The Morgan fingerprint density at radius 2 is 1.85 bits per heavy atom. The van der Waals surface area contributed by atoms with Crippen LogP contribution in [0.3, 0.4) is 0 Å². The number of nitrogens with zero attached hydrogens (tertiary/aromatic N) is 3. The maximum absolute atomic E-state index is 12.0. The Morgan fingerprint density at radius 3 is 2.48 bits per heavy atom. The van der Waals surface area contributed by atoms with Crippen molar-refractivity contribution < 1.29 is 14.7 Å². The molecule has 0 aliphatic carbocycles. The molecular weight excluding hydrogens is 364 g/mol. The Labute approximate surface area is 159 Å². The van der Waals surface area contributed by atoms with Gasteiger partial charge in [-0.25, -0.2) is 4.98 Å². The van der Waals surface area contributed by atoms with E-state index in [4.69, 9.17) is 0 Å². The van der Waals surface area contributed by atoms with Gasteiger partial charge in [-0.1, -0.05) is 30.3 Å². The molecular formula is C19H15N4O3S-. The van der Waals surface area contributed by atoms with Crippen molar-refractivity contribution in [1.82, 2.24) is 4.98 Å². The number of amides is 1. The summed E-state index contributed by atoms with van der Waals surface area (Å²) < 4.78 is 0. The maximum atomic E-state index is 12.0. The molecule has 0 atom stereocenters. The van der Waals surface area contributed by atoms with Gasteiger partial charge in [-0.05, 0) is 29.8 Å². The summed E-state index contributed by atoms with van der Waals surface area (Å²) in [7, 11) is 0. The highest BCUT2D eigenvalue weighted by Crippen LogP contribution is 2.28. The highest BCUT2D eigenvalue weighted by molar-refractivity contribution is 7.14. The molecule has 27 heavy (non-hydrogen) atoms. The average molecular weight is 379 g/mol. The van der Waals surface area contributed by atoms with E-state index in [0.29, 0.717) is 16.5 Å². The molecule has 0 saturated carbocycles. The van der Waals surface area contributed by atoms with Crippen molar-refractivity contribution in [2.75, 3.05) is 10.3 Å². The second-order valence-electron chi connectivity index (χ2n) is 5.48. The quantitative estimate of drug-likeness (QED) is 0.524. The Bertz CT molecular complexity index is 968. The van der Waals surface area contributed by atoms with E-state index in [0.717, 1.165) is 5.69 Å². The minimum Gasteiger partial charge on any atom is -0.545 e. The number of anilines is 3. The molecule has 0 aliphatic heterocycles. The van der Waals surface area contributed by atoms with Crippen molar-refractivity contribution >= 4 is 45.9 Å². The molecule has 0 unspecified atom stereocenters. The van der Waals surface area contributed by atoms with Crippen molar-refractivity contribution in [2.24, 2.45) is 5.10 Å². The van der Waals surface area contributed by atoms with Gasteiger partial charge in [0.1, 0.15) is 0 Å². The Balaban J connectivity index is 1.70. The van der Waals surface area contributed by atoms with Crippen LogP contribution in [0, 0.1) is 0 Å². The lowest BCUT2D eigenvalue weighted by Gasteiger charge is -2.17. The number of carboxylic acids is 1. The zero-order valence-corrected chi connectivity index (χ0v) is 15.1. The summed E-state index contributed by atoms with van der Waals surface area (Å²) in [5, 5.41) is 17.1. The zero-order chi connectivity index (χ0) is 19.2. The number of aromatic carboxylic acids is 1. The van der Waals surface area contributed by atoms with Crippen molar-refractivity contribution in [3.8, 4) is 0 Å². The van der Waals surface area contributed by atoms with Crippen LogP contribution in [0.4, 0.5) is 16.5 Å². The lowest BCUT2D eigenvalue weighted by Crippen LogP contribution is -2.22. The number of carbonyl (C=O) groups excluding carboxylic acids is 2. The van der Waals surface area contributed by atoms with Crippen LogP contribution in [-0.2, 0) is 4.79 Å². The van der Waals surface area contributed by atoms with Crippen LogP contribution in [0.5, 0.6) is 0 Å². The van der Waals surface area contributed by atoms with Crippen molar-refractivity contribution in [3.63, 3.8) is 0 Å². The monoisotopic (exact) mass is 379 g/mol. The van der Waals surface area contributed by atoms with Gasteiger partial charge in [0.2, 0.25) is 5.91 Å². The number of carboxylic acid groups (broad SMARTS) is 1. The molecule has 1 aromatic heterocycles. The number of hydrogen-bond donors (Lipinski definition) is 1. The fourth-order valence-corrected chi connectivity index (χ4v) is 3.13. The summed E-state index contributed by atoms with van der Waals surface area (Å²) in [6, 6.07) is 15.3. The number of hydrogen-bond acceptors (Lipinski definition) is 7. The molecule has 0 spiro atoms. The largest absolute Gasteiger partial charge is 0.545 e. The van der Waals surface area contributed by atoms with E-state index in [9.17, 15) is 14.7 Å². The molecule has 0 aliphatic rings. The van der Waals surface area contributed by atoms with Gasteiger partial charge in [-0.2, -0.15) is 5.10 Å². The molecule has 0 fully saturated rings. The minimum atomic E-state index is -1.23. The van der Waals surface area contributed by atoms with E-state index in [-0.39, 0.29) is 11.5 Å². The minimum absolute atomic E-state index is 0.0962. The normalized spacial score (nSPS) is 10.7. The smallest absolute Gasteiger partial charge is 0.230 e. The van der Waals surface area contributed by atoms with Gasteiger partial charge in [-0.3, -0.25) is 15.1 Å². The molecule has 1 N–H and O–H groups in total. The molecule has 7 nitrogen and oxygen atoms in total. The highest BCUT2D eigenvalue weighted by atomic mass is 32.1. The Morgan fingerprint density at radius 1 is 1.15 bits per heavy atom. The third kappa shape index (κ3) is 4.56. The second kappa shape index (κ2) is 8.24. The standard InChI is InChI=1S/C19H16N4O3S/c1-13(24)23(17-5-3-2-4-6-17)19-21-16(12-27-19)11-20-22-15-9-7-14(8-10-15)18(25)26/h2-12,22H,1H3,(H,25,26)/p-1/b20-11-. The van der Waals surface area contributed by atoms with Crippen molar-refractivity contribution in [3.05, 3.63) is 71.2 Å². The number of benzene rings is 2. The van der Waals surface area contributed by atoms with Crippen LogP contribution in [0.25, 0.3) is 0 Å². The summed E-state index contributed by atoms with van der Waals surface area (Å²) in [6.45, 7) is 1.49. The molecule has 0 radical (unpaired) electrons. The van der Waals surface area contributed by atoms with Crippen LogP contribution >= 0.6 is 11.3 Å². The molecule has 0 bridgehead atoms. The predicted octanol–water partition coefficient (Wildman–Crippen LogP) is 2.64. The van der Waals surface area contributed by atoms with E-state index in [1.807, 2.05) is 30.3 Å². The average Bonchev–Trinajstić information content (AvgIpc) is 3.11. The molecule has 2 aromatic carbocycles. The van der Waals surface area contributed by atoms with Crippen LogP contribution in [0.1, 0.15) is 23.0 Å². The van der Waals surface area contributed by atoms with Crippen LogP contribution in [-0.4, -0.2) is 23.1 Å². The molecule has 3 aromatic rings. The van der Waals surface area contributed by atoms with Gasteiger partial charge in [0.15, 0.2) is 5.13 Å². The Kier molecular flexibility index (Phi) is 5.58. The fraction of sp³-hybridized carbons (Fsp3) is 0.0526. The lowest BCUT2D eigenvalue weighted by atomic mass is 10.2. The van der Waals surface area contributed by atoms with Gasteiger partial charge in [0.05, 0.1) is 29.3 Å². The summed E-state index contributed by atoms with van der Waals surface area (Å²) in [6.07, 6.45) is 1.52. The summed E-state index contributed by atoms with van der Waals surface area (Å²) in [5.41, 5.74) is 4.85. The zero-order valence-electron chi connectivity index (χ0n) is 14.3. The predicted molar refractivity (Wildman–Crippen MR) is 103 cm³/mol. The van der Waals surface area contributed by atoms with Gasteiger partial charge in [0, 0.05) is 12.3 Å². The number of carbonyl (C=O) groups is 2. The second-order valence-corrected chi connectivity index (χ2v) is 6.32. The van der Waals surface area contributed by atoms with Gasteiger partial charge in [-0.15, -0.1) is 11.3 Å². The SMILES string of the molecule is CC(=O)N(c1ccccc1)c1nc(/C=N\Nc2ccc(C(=O)[O-])cc2)cs1. The van der Waals surface area contributed by atoms with Gasteiger partial charge in [0.25, 0.3) is 0 Å². The molecule has 0 saturated heterocycles. The molecule has 3 rings (SSSR count). The van der Waals surface area contributed by atoms with Gasteiger partial charge < -0.3 is 9.90 Å². The number of nitrogens with one attached hydrogen (secondary N) is 1. The first-order valence-corrected chi connectivity index (χ1v) is 8.84. The van der Waals surface area contributed by atoms with Gasteiger partial charge >= 0.3 is 0 Å². The summed E-state index contributed by atoms with van der Waals surface area (Å²) >= 11 is 1.33. The molecule has 136 valence electrons. The lowest BCUT2D eigenvalue weighted by molar-refractivity contribution is -0.255. The third-order valence-electron chi connectivity index (χ3n) is 3.54. The van der Waals surface area contributed by atoms with Crippen LogP contribution < -0.4 is 15.4 Å². The van der Waals surface area contributed by atoms with E-state index < -0.39 is 5.97 Å². The number of rotatable bonds is 6.